The van der Waals surface area contributed by atoms with E-state index in [1.54, 1.807) is 12.1 Å². The van der Waals surface area contributed by atoms with Gasteiger partial charge in [0.2, 0.25) is 0 Å². The van der Waals surface area contributed by atoms with E-state index in [-0.39, 0.29) is 18.6 Å². The van der Waals surface area contributed by atoms with Crippen LogP contribution in [0.4, 0.5) is 5.69 Å². The molecule has 2 rings (SSSR count). The molecular weight excluding hydrogens is 345 g/mol. The minimum Gasteiger partial charge on any atom is -0.394 e. The highest BCUT2D eigenvalue weighted by Crippen LogP contribution is 2.25. The van der Waals surface area contributed by atoms with Gasteiger partial charge in [-0.05, 0) is 47.7 Å². The average Bonchev–Trinajstić information content (AvgIpc) is 2.65. The highest BCUT2D eigenvalue weighted by molar-refractivity contribution is 14.1. The lowest BCUT2D eigenvalue weighted by molar-refractivity contribution is -0.110. The van der Waals surface area contributed by atoms with Gasteiger partial charge in [0.15, 0.2) is 5.71 Å². The molecule has 1 aliphatic rings. The lowest BCUT2D eigenvalue weighted by atomic mass is 10.1. The van der Waals surface area contributed by atoms with E-state index in [9.17, 15) is 4.79 Å². The lowest BCUT2D eigenvalue weighted by Gasteiger charge is -2.19. The highest BCUT2D eigenvalue weighted by Gasteiger charge is 2.27. The Morgan fingerprint density at radius 3 is 2.94 bits per heavy atom. The van der Waals surface area contributed by atoms with Crippen molar-refractivity contribution in [3.8, 4) is 0 Å². The van der Waals surface area contributed by atoms with Gasteiger partial charge >= 0.3 is 0 Å². The Kier molecular flexibility index (Phi) is 3.86. The molecule has 0 aliphatic carbocycles. The molecule has 0 radical (unpaired) electrons. The standard InChI is InChI=1S/C12H14IN3O2/c1-7(6-17)16(2)15-11-9-5-8(13)3-4-10(9)14-12(11)18/h3-5,7,17H,6H2,1-2H3,(H,14,15,18). The molecule has 18 heavy (non-hydrogen) atoms. The van der Waals surface area contributed by atoms with Crippen molar-refractivity contribution < 1.29 is 9.90 Å². The van der Waals surface area contributed by atoms with Crippen molar-refractivity contribution >= 4 is 39.9 Å². The number of hydrazone groups is 1. The number of nitrogens with one attached hydrogen (secondary N) is 1. The second-order valence-electron chi connectivity index (χ2n) is 4.20. The molecule has 1 atom stereocenters. The molecular formula is C12H14IN3O2. The number of anilines is 1. The number of aliphatic hydroxyl groups excluding tert-OH is 1. The fourth-order valence-corrected chi connectivity index (χ4v) is 2.09. The summed E-state index contributed by atoms with van der Waals surface area (Å²) in [4.78, 5) is 11.9. The van der Waals surface area contributed by atoms with Crippen LogP contribution in [-0.2, 0) is 4.79 Å². The molecule has 0 fully saturated rings. The van der Waals surface area contributed by atoms with Crippen molar-refractivity contribution in [2.24, 2.45) is 5.10 Å². The van der Waals surface area contributed by atoms with Gasteiger partial charge < -0.3 is 10.4 Å². The first-order valence-electron chi connectivity index (χ1n) is 5.56. The molecule has 1 aromatic rings. The molecule has 1 unspecified atom stereocenters. The van der Waals surface area contributed by atoms with Crippen LogP contribution >= 0.6 is 22.6 Å². The number of carbonyl (C=O) groups is 1. The van der Waals surface area contributed by atoms with Gasteiger partial charge in [0, 0.05) is 16.2 Å². The predicted octanol–water partition coefficient (Wildman–Crippen LogP) is 1.26. The predicted molar refractivity (Wildman–Crippen MR) is 78.6 cm³/mol. The molecule has 0 aromatic heterocycles. The van der Waals surface area contributed by atoms with Crippen molar-refractivity contribution in [3.05, 3.63) is 27.3 Å². The smallest absolute Gasteiger partial charge is 0.276 e. The summed E-state index contributed by atoms with van der Waals surface area (Å²) in [5, 5.41) is 17.7. The van der Waals surface area contributed by atoms with Crippen LogP contribution in [0.25, 0.3) is 0 Å². The van der Waals surface area contributed by atoms with Gasteiger partial charge in [0.05, 0.1) is 18.3 Å². The van der Waals surface area contributed by atoms with E-state index in [4.69, 9.17) is 5.11 Å². The number of rotatable bonds is 3. The van der Waals surface area contributed by atoms with Crippen molar-refractivity contribution in [2.45, 2.75) is 13.0 Å². The van der Waals surface area contributed by atoms with Gasteiger partial charge in [-0.2, -0.15) is 5.10 Å². The van der Waals surface area contributed by atoms with Crippen LogP contribution in [0.3, 0.4) is 0 Å². The van der Waals surface area contributed by atoms with E-state index in [0.717, 1.165) is 14.8 Å². The fourth-order valence-electron chi connectivity index (χ4n) is 1.60. The number of halogens is 1. The topological polar surface area (TPSA) is 64.9 Å². The van der Waals surface area contributed by atoms with Gasteiger partial charge in [0.25, 0.3) is 5.91 Å². The molecule has 0 spiro atoms. The van der Waals surface area contributed by atoms with Crippen molar-refractivity contribution in [2.75, 3.05) is 19.0 Å². The minimum atomic E-state index is -0.205. The van der Waals surface area contributed by atoms with Gasteiger partial charge in [-0.25, -0.2) is 0 Å². The zero-order valence-corrected chi connectivity index (χ0v) is 12.3. The number of amides is 1. The third kappa shape index (κ3) is 2.49. The molecule has 6 heteroatoms. The molecule has 96 valence electrons. The molecule has 1 heterocycles. The zero-order chi connectivity index (χ0) is 13.3. The number of likely N-dealkylation sites (N-methyl/N-ethyl adjacent to an activating group) is 1. The van der Waals surface area contributed by atoms with E-state index in [2.05, 4.69) is 33.0 Å². The van der Waals surface area contributed by atoms with Crippen LogP contribution in [0, 0.1) is 3.57 Å². The summed E-state index contributed by atoms with van der Waals surface area (Å²) in [7, 11) is 1.74. The molecule has 1 aliphatic heterocycles. The van der Waals surface area contributed by atoms with Gasteiger partial charge in [-0.15, -0.1) is 0 Å². The Hall–Kier alpha value is -1.15. The first-order valence-corrected chi connectivity index (χ1v) is 6.64. The summed E-state index contributed by atoms with van der Waals surface area (Å²) in [6.07, 6.45) is 0. The van der Waals surface area contributed by atoms with E-state index in [1.165, 1.54) is 0 Å². The maximum absolute atomic E-state index is 11.9. The second-order valence-corrected chi connectivity index (χ2v) is 5.44. The van der Waals surface area contributed by atoms with Crippen LogP contribution in [0.5, 0.6) is 0 Å². The largest absolute Gasteiger partial charge is 0.394 e. The Labute approximate surface area is 119 Å². The van der Waals surface area contributed by atoms with Crippen molar-refractivity contribution in [3.63, 3.8) is 0 Å². The third-order valence-corrected chi connectivity index (χ3v) is 3.53. The van der Waals surface area contributed by atoms with Crippen molar-refractivity contribution in [1.29, 1.82) is 0 Å². The van der Waals surface area contributed by atoms with E-state index >= 15 is 0 Å². The van der Waals surface area contributed by atoms with Crippen LogP contribution < -0.4 is 5.32 Å². The number of aliphatic hydroxyl groups is 1. The number of fused-ring (bicyclic) bond motifs is 1. The third-order valence-electron chi connectivity index (χ3n) is 2.86. The molecule has 1 aromatic carbocycles. The number of nitrogens with zero attached hydrogens (tertiary/aromatic N) is 2. The van der Waals surface area contributed by atoms with E-state index < -0.39 is 0 Å². The first kappa shape index (κ1) is 13.3. The molecule has 2 N–H and O–H groups in total. The Morgan fingerprint density at radius 1 is 1.56 bits per heavy atom. The monoisotopic (exact) mass is 359 g/mol. The summed E-state index contributed by atoms with van der Waals surface area (Å²) in [6, 6.07) is 5.59. The quantitative estimate of drug-likeness (QED) is 0.631. The highest BCUT2D eigenvalue weighted by atomic mass is 127. The second kappa shape index (κ2) is 5.23. The van der Waals surface area contributed by atoms with Crippen molar-refractivity contribution in [1.82, 2.24) is 5.01 Å². The number of carbonyl (C=O) groups excluding carboxylic acids is 1. The van der Waals surface area contributed by atoms with Gasteiger partial charge in [0.1, 0.15) is 0 Å². The Bertz CT molecular complexity index is 516. The lowest BCUT2D eigenvalue weighted by Crippen LogP contribution is -2.30. The Morgan fingerprint density at radius 2 is 2.28 bits per heavy atom. The number of hydrogen-bond donors (Lipinski definition) is 2. The molecule has 5 nitrogen and oxygen atoms in total. The average molecular weight is 359 g/mol. The summed E-state index contributed by atoms with van der Waals surface area (Å²) in [5.74, 6) is -0.205. The summed E-state index contributed by atoms with van der Waals surface area (Å²) >= 11 is 2.20. The molecule has 0 bridgehead atoms. The number of hydrogen-bond acceptors (Lipinski definition) is 4. The fraction of sp³-hybridized carbons (Fsp3) is 0.333. The van der Waals surface area contributed by atoms with Crippen LogP contribution in [0.2, 0.25) is 0 Å². The van der Waals surface area contributed by atoms with Crippen LogP contribution in [0.1, 0.15) is 12.5 Å². The minimum absolute atomic E-state index is 0.00587. The number of benzene rings is 1. The summed E-state index contributed by atoms with van der Waals surface area (Å²) < 4.78 is 1.05. The van der Waals surface area contributed by atoms with E-state index in [0.29, 0.717) is 5.71 Å². The van der Waals surface area contributed by atoms with Gasteiger partial charge in [-0.1, -0.05) is 0 Å². The van der Waals surface area contributed by atoms with E-state index in [1.807, 2.05) is 25.1 Å². The first-order chi connectivity index (χ1) is 8.52. The summed E-state index contributed by atoms with van der Waals surface area (Å²) in [6.45, 7) is 1.83. The van der Waals surface area contributed by atoms with Gasteiger partial charge in [-0.3, -0.25) is 9.80 Å². The normalized spacial score (nSPS) is 17.6. The molecule has 0 saturated carbocycles. The maximum Gasteiger partial charge on any atom is 0.276 e. The molecule has 1 amide bonds. The molecule has 0 saturated heterocycles. The Balaban J connectivity index is 2.38. The summed E-state index contributed by atoms with van der Waals surface area (Å²) in [5.41, 5.74) is 1.99. The zero-order valence-electron chi connectivity index (χ0n) is 10.1. The SMILES string of the molecule is CC(CO)N(C)/N=C1/C(=O)Nc2ccc(I)cc21. The maximum atomic E-state index is 11.9. The van der Waals surface area contributed by atoms with Crippen LogP contribution in [0.15, 0.2) is 23.3 Å². The van der Waals surface area contributed by atoms with Crippen LogP contribution in [-0.4, -0.2) is 41.4 Å².